The fourth-order valence-corrected chi connectivity index (χ4v) is 0.861. The number of allylic oxidation sites excluding steroid dienone is 1. The predicted molar refractivity (Wildman–Crippen MR) is 40.1 cm³/mol. The minimum absolute atomic E-state index is 0.961. The lowest BCUT2D eigenvalue weighted by Crippen LogP contribution is -2.32. The molecule has 5 heteroatoms. The van der Waals surface area contributed by atoms with Crippen molar-refractivity contribution in [2.24, 2.45) is 5.92 Å². The summed E-state index contributed by atoms with van der Waals surface area (Å²) in [6.45, 7) is 2.04. The van der Waals surface area contributed by atoms with Crippen LogP contribution in [0.15, 0.2) is 12.4 Å². The van der Waals surface area contributed by atoms with Crippen LogP contribution in [0, 0.1) is 5.92 Å². The third-order valence-electron chi connectivity index (χ3n) is 1.76. The molecule has 0 rings (SSSR count). The molecule has 0 heterocycles. The van der Waals surface area contributed by atoms with Gasteiger partial charge in [0.15, 0.2) is 12.3 Å². The molecule has 0 radical (unpaired) electrons. The van der Waals surface area contributed by atoms with Crippen LogP contribution in [0.25, 0.3) is 0 Å². The van der Waals surface area contributed by atoms with E-state index in [-0.39, 0.29) is 0 Å². The van der Waals surface area contributed by atoms with Gasteiger partial charge in [0.05, 0.1) is 0 Å². The van der Waals surface area contributed by atoms with Crippen LogP contribution in [0.5, 0.6) is 0 Å². The van der Waals surface area contributed by atoms with Crippen molar-refractivity contribution in [2.75, 3.05) is 6.67 Å². The van der Waals surface area contributed by atoms with Crippen LogP contribution in [-0.2, 0) is 0 Å². The zero-order chi connectivity index (χ0) is 10.6. The summed E-state index contributed by atoms with van der Waals surface area (Å²) in [5.41, 5.74) is 0. The Labute approximate surface area is 73.4 Å². The largest absolute Gasteiger partial charge is 0.248 e. The highest BCUT2D eigenvalue weighted by atomic mass is 19.2. The molecule has 0 aromatic rings. The van der Waals surface area contributed by atoms with E-state index in [0.717, 1.165) is 6.92 Å². The first-order valence-electron chi connectivity index (χ1n) is 3.74. The zero-order valence-electron chi connectivity index (χ0n) is 7.11. The minimum atomic E-state index is -2.41. The fraction of sp³-hybridized carbons (Fsp3) is 0.750. The molecule has 0 aromatic carbocycles. The van der Waals surface area contributed by atoms with Crippen molar-refractivity contribution in [3.63, 3.8) is 0 Å². The van der Waals surface area contributed by atoms with E-state index in [1.807, 2.05) is 0 Å². The smallest absolute Gasteiger partial charge is 0.160 e. The zero-order valence-corrected chi connectivity index (χ0v) is 7.11. The fourth-order valence-electron chi connectivity index (χ4n) is 0.861. The monoisotopic (exact) mass is 202 g/mol. The van der Waals surface area contributed by atoms with E-state index in [4.69, 9.17) is 0 Å². The highest BCUT2D eigenvalue weighted by molar-refractivity contribution is 4.96. The Bertz CT molecular complexity index is 170. The van der Waals surface area contributed by atoms with Gasteiger partial charge in [-0.05, 0) is 0 Å². The molecule has 0 N–H and O–H groups in total. The number of rotatable bonds is 5. The summed E-state index contributed by atoms with van der Waals surface area (Å²) in [6, 6.07) is 0. The first-order chi connectivity index (χ1) is 5.91. The minimum Gasteiger partial charge on any atom is -0.248 e. The van der Waals surface area contributed by atoms with E-state index in [0.29, 0.717) is 0 Å². The molecule has 0 fully saturated rings. The molecule has 0 aliphatic carbocycles. The number of halogens is 5. The molecule has 13 heavy (non-hydrogen) atoms. The maximum atomic E-state index is 12.7. The van der Waals surface area contributed by atoms with Gasteiger partial charge in [-0.15, -0.1) is 0 Å². The molecule has 0 aliphatic heterocycles. The van der Waals surface area contributed by atoms with Crippen LogP contribution < -0.4 is 0 Å². The average Bonchev–Trinajstić information content (AvgIpc) is 2.12. The van der Waals surface area contributed by atoms with E-state index in [9.17, 15) is 22.0 Å². The van der Waals surface area contributed by atoms with Crippen LogP contribution in [0.3, 0.4) is 0 Å². The molecule has 0 nitrogen and oxygen atoms in total. The van der Waals surface area contributed by atoms with Crippen LogP contribution in [0.1, 0.15) is 6.92 Å². The number of hydrogen-bond donors (Lipinski definition) is 0. The van der Waals surface area contributed by atoms with Crippen molar-refractivity contribution in [3.8, 4) is 0 Å². The van der Waals surface area contributed by atoms with Gasteiger partial charge >= 0.3 is 0 Å². The Morgan fingerprint density at radius 1 is 1.31 bits per heavy atom. The van der Waals surface area contributed by atoms with Gasteiger partial charge in [0.1, 0.15) is 18.7 Å². The third kappa shape index (κ3) is 3.32. The van der Waals surface area contributed by atoms with E-state index >= 15 is 0 Å². The first kappa shape index (κ1) is 12.4. The van der Waals surface area contributed by atoms with Gasteiger partial charge in [-0.25, -0.2) is 22.0 Å². The van der Waals surface area contributed by atoms with Crippen molar-refractivity contribution in [2.45, 2.75) is 25.4 Å². The summed E-state index contributed by atoms with van der Waals surface area (Å²) in [6.07, 6.45) is -7.06. The van der Waals surface area contributed by atoms with Crippen molar-refractivity contribution >= 4 is 0 Å². The molecule has 0 bridgehead atoms. The summed E-state index contributed by atoms with van der Waals surface area (Å²) in [5.74, 6) is -2.94. The highest BCUT2D eigenvalue weighted by Crippen LogP contribution is 2.24. The summed E-state index contributed by atoms with van der Waals surface area (Å²) >= 11 is 0. The molecule has 78 valence electrons. The second-order valence-electron chi connectivity index (χ2n) is 2.82. The lowest BCUT2D eigenvalue weighted by atomic mass is 9.97. The van der Waals surface area contributed by atoms with Gasteiger partial charge in [-0.2, -0.15) is 0 Å². The summed E-state index contributed by atoms with van der Waals surface area (Å²) in [4.78, 5) is 0. The van der Waals surface area contributed by atoms with Gasteiger partial charge in [-0.3, -0.25) is 0 Å². The topological polar surface area (TPSA) is 0 Å². The summed E-state index contributed by atoms with van der Waals surface area (Å²) in [5, 5.41) is 0. The van der Waals surface area contributed by atoms with Crippen LogP contribution in [-0.4, -0.2) is 25.2 Å². The van der Waals surface area contributed by atoms with Crippen molar-refractivity contribution in [1.29, 1.82) is 0 Å². The predicted octanol–water partition coefficient (Wildman–Crippen LogP) is 3.09. The lowest BCUT2D eigenvalue weighted by molar-refractivity contribution is 0.0611. The Morgan fingerprint density at radius 2 is 1.77 bits per heavy atom. The van der Waals surface area contributed by atoms with E-state index < -0.39 is 36.9 Å². The Balaban J connectivity index is 4.24. The first-order valence-corrected chi connectivity index (χ1v) is 3.74. The molecule has 0 amide bonds. The molecule has 0 saturated carbocycles. The SMILES string of the molecule is C=C(F)C(F)C(C)C(F)[C@@H](F)CF. The molecule has 0 saturated heterocycles. The third-order valence-corrected chi connectivity index (χ3v) is 1.76. The number of hydrogen-bond acceptors (Lipinski definition) is 0. The van der Waals surface area contributed by atoms with Crippen LogP contribution in [0.2, 0.25) is 0 Å². The number of alkyl halides is 4. The van der Waals surface area contributed by atoms with Crippen molar-refractivity contribution in [1.82, 2.24) is 0 Å². The van der Waals surface area contributed by atoms with E-state index in [1.165, 1.54) is 0 Å². The molecule has 0 spiro atoms. The van der Waals surface area contributed by atoms with Gasteiger partial charge < -0.3 is 0 Å². The van der Waals surface area contributed by atoms with E-state index in [1.54, 1.807) is 0 Å². The second-order valence-corrected chi connectivity index (χ2v) is 2.82. The van der Waals surface area contributed by atoms with E-state index in [2.05, 4.69) is 6.58 Å². The Hall–Kier alpha value is -0.610. The maximum Gasteiger partial charge on any atom is 0.160 e. The maximum absolute atomic E-state index is 12.7. The summed E-state index contributed by atoms with van der Waals surface area (Å²) < 4.78 is 61.5. The van der Waals surface area contributed by atoms with Gasteiger partial charge in [0.2, 0.25) is 0 Å². The molecular weight excluding hydrogens is 191 g/mol. The molecule has 4 atom stereocenters. The Kier molecular flexibility index (Phi) is 4.95. The molecule has 0 aliphatic rings. The van der Waals surface area contributed by atoms with Gasteiger partial charge in [0, 0.05) is 5.92 Å². The normalized spacial score (nSPS) is 20.5. The second kappa shape index (κ2) is 5.19. The van der Waals surface area contributed by atoms with Crippen molar-refractivity contribution < 1.29 is 22.0 Å². The van der Waals surface area contributed by atoms with Crippen LogP contribution >= 0.6 is 0 Å². The van der Waals surface area contributed by atoms with Gasteiger partial charge in [0.25, 0.3) is 0 Å². The Morgan fingerprint density at radius 3 is 2.08 bits per heavy atom. The molecule has 3 unspecified atom stereocenters. The average molecular weight is 202 g/mol. The standard InChI is InChI=1S/C8H11F5/c1-4(7(12)5(2)10)8(13)6(11)3-9/h4,6-8H,2-3H2,1H3/t4?,6-,7?,8?/m0/s1. The van der Waals surface area contributed by atoms with Gasteiger partial charge in [-0.1, -0.05) is 13.5 Å². The van der Waals surface area contributed by atoms with Crippen LogP contribution in [0.4, 0.5) is 22.0 Å². The highest BCUT2D eigenvalue weighted by Gasteiger charge is 2.33. The summed E-state index contributed by atoms with van der Waals surface area (Å²) in [7, 11) is 0. The molecule has 0 aromatic heterocycles. The lowest BCUT2D eigenvalue weighted by Gasteiger charge is -2.20. The van der Waals surface area contributed by atoms with Crippen molar-refractivity contribution in [3.05, 3.63) is 12.4 Å². The molecular formula is C8H11F5. The quantitative estimate of drug-likeness (QED) is 0.601.